The number of rotatable bonds is 7. The van der Waals surface area contributed by atoms with E-state index in [9.17, 15) is 4.79 Å². The molecule has 5 nitrogen and oxygen atoms in total. The summed E-state index contributed by atoms with van der Waals surface area (Å²) >= 11 is 5.95. The predicted octanol–water partition coefficient (Wildman–Crippen LogP) is 4.42. The van der Waals surface area contributed by atoms with Crippen LogP contribution in [0, 0.1) is 6.92 Å². The number of methoxy groups -OCH3 is 1. The zero-order chi connectivity index (χ0) is 18.2. The molecule has 0 atom stereocenters. The molecule has 0 aliphatic heterocycles. The van der Waals surface area contributed by atoms with Crippen molar-refractivity contribution in [2.75, 3.05) is 25.6 Å². The molecule has 0 aliphatic carbocycles. The number of carbonyl (C=O) groups is 1. The summed E-state index contributed by atoms with van der Waals surface area (Å²) in [6.45, 7) is 4.93. The van der Waals surface area contributed by atoms with E-state index in [1.165, 1.54) is 0 Å². The number of hydrogen-bond acceptors (Lipinski definition) is 3. The summed E-state index contributed by atoms with van der Waals surface area (Å²) in [6, 6.07) is 10.9. The fourth-order valence-corrected chi connectivity index (χ4v) is 2.53. The van der Waals surface area contributed by atoms with Crippen molar-refractivity contribution in [2.45, 2.75) is 20.3 Å². The number of hydrogen-bond donors (Lipinski definition) is 2. The highest BCUT2D eigenvalue weighted by molar-refractivity contribution is 6.31. The molecule has 2 aromatic rings. The molecule has 2 amide bonds. The lowest BCUT2D eigenvalue weighted by atomic mass is 10.1. The first-order valence-corrected chi connectivity index (χ1v) is 8.52. The Kier molecular flexibility index (Phi) is 6.95. The van der Waals surface area contributed by atoms with Crippen molar-refractivity contribution < 1.29 is 14.3 Å². The van der Waals surface area contributed by atoms with Crippen LogP contribution in [0.4, 0.5) is 10.5 Å². The van der Waals surface area contributed by atoms with Gasteiger partial charge in [0.15, 0.2) is 11.5 Å². The van der Waals surface area contributed by atoms with E-state index < -0.39 is 0 Å². The fraction of sp³-hybridized carbons (Fsp3) is 0.316. The van der Waals surface area contributed by atoms with Crippen LogP contribution in [0.5, 0.6) is 11.5 Å². The fourth-order valence-electron chi connectivity index (χ4n) is 2.36. The first-order valence-electron chi connectivity index (χ1n) is 8.14. The van der Waals surface area contributed by atoms with Gasteiger partial charge in [-0.15, -0.1) is 0 Å². The molecule has 0 aliphatic rings. The minimum Gasteiger partial charge on any atom is -0.493 e. The number of aryl methyl sites for hydroxylation is 1. The molecule has 2 aromatic carbocycles. The number of anilines is 1. The van der Waals surface area contributed by atoms with Gasteiger partial charge in [-0.1, -0.05) is 23.7 Å². The quantitative estimate of drug-likeness (QED) is 0.766. The van der Waals surface area contributed by atoms with Crippen molar-refractivity contribution in [1.29, 1.82) is 0 Å². The van der Waals surface area contributed by atoms with Gasteiger partial charge in [-0.2, -0.15) is 0 Å². The summed E-state index contributed by atoms with van der Waals surface area (Å²) in [6.07, 6.45) is 0.685. The summed E-state index contributed by atoms with van der Waals surface area (Å²) in [5.41, 5.74) is 2.71. The number of urea groups is 1. The van der Waals surface area contributed by atoms with E-state index in [1.54, 1.807) is 19.2 Å². The molecular formula is C19H23ClN2O3. The Hall–Kier alpha value is -2.40. The van der Waals surface area contributed by atoms with E-state index in [4.69, 9.17) is 21.1 Å². The Bertz CT molecular complexity index is 735. The highest BCUT2D eigenvalue weighted by Crippen LogP contribution is 2.28. The molecule has 2 N–H and O–H groups in total. The van der Waals surface area contributed by atoms with Crippen LogP contribution in [-0.4, -0.2) is 26.3 Å². The molecule has 0 saturated heterocycles. The zero-order valence-electron chi connectivity index (χ0n) is 14.7. The lowest BCUT2D eigenvalue weighted by Gasteiger charge is -2.12. The van der Waals surface area contributed by atoms with Gasteiger partial charge in [-0.25, -0.2) is 4.79 Å². The van der Waals surface area contributed by atoms with E-state index in [0.29, 0.717) is 36.0 Å². The first kappa shape index (κ1) is 18.9. The van der Waals surface area contributed by atoms with Gasteiger partial charge in [0, 0.05) is 17.3 Å². The lowest BCUT2D eigenvalue weighted by molar-refractivity contribution is 0.252. The monoisotopic (exact) mass is 362 g/mol. The molecule has 0 aromatic heterocycles. The highest BCUT2D eigenvalue weighted by Gasteiger charge is 2.07. The van der Waals surface area contributed by atoms with Crippen molar-refractivity contribution in [3.8, 4) is 11.5 Å². The molecule has 0 heterocycles. The van der Waals surface area contributed by atoms with Gasteiger partial charge in [-0.05, 0) is 55.7 Å². The number of ether oxygens (including phenoxy) is 2. The maximum Gasteiger partial charge on any atom is 0.319 e. The smallest absolute Gasteiger partial charge is 0.319 e. The number of nitrogens with one attached hydrogen (secondary N) is 2. The minimum atomic E-state index is -0.261. The lowest BCUT2D eigenvalue weighted by Crippen LogP contribution is -2.30. The Balaban J connectivity index is 1.87. The van der Waals surface area contributed by atoms with Crippen LogP contribution < -0.4 is 20.1 Å². The maximum absolute atomic E-state index is 12.0. The summed E-state index contributed by atoms with van der Waals surface area (Å²) < 4.78 is 10.8. The van der Waals surface area contributed by atoms with Crippen molar-refractivity contribution in [1.82, 2.24) is 5.32 Å². The van der Waals surface area contributed by atoms with E-state index in [0.717, 1.165) is 16.9 Å². The summed E-state index contributed by atoms with van der Waals surface area (Å²) in [5.74, 6) is 1.41. The summed E-state index contributed by atoms with van der Waals surface area (Å²) in [5, 5.41) is 6.23. The highest BCUT2D eigenvalue weighted by atomic mass is 35.5. The molecule has 0 radical (unpaired) electrons. The third kappa shape index (κ3) is 5.57. The Labute approximate surface area is 153 Å². The van der Waals surface area contributed by atoms with Gasteiger partial charge in [-0.3, -0.25) is 0 Å². The molecule has 2 rings (SSSR count). The van der Waals surface area contributed by atoms with Crippen LogP contribution in [0.2, 0.25) is 5.02 Å². The van der Waals surface area contributed by atoms with Gasteiger partial charge in [0.2, 0.25) is 0 Å². The second kappa shape index (κ2) is 9.18. The van der Waals surface area contributed by atoms with Gasteiger partial charge < -0.3 is 20.1 Å². The third-order valence-electron chi connectivity index (χ3n) is 3.67. The average Bonchev–Trinajstić information content (AvgIpc) is 2.59. The van der Waals surface area contributed by atoms with Crippen LogP contribution >= 0.6 is 11.6 Å². The molecule has 25 heavy (non-hydrogen) atoms. The number of amides is 2. The predicted molar refractivity (Wildman–Crippen MR) is 101 cm³/mol. The van der Waals surface area contributed by atoms with E-state index in [2.05, 4.69) is 10.6 Å². The molecular weight excluding hydrogens is 340 g/mol. The van der Waals surface area contributed by atoms with E-state index >= 15 is 0 Å². The van der Waals surface area contributed by atoms with Crippen molar-refractivity contribution in [3.05, 3.63) is 52.5 Å². The van der Waals surface area contributed by atoms with Gasteiger partial charge in [0.25, 0.3) is 0 Å². The maximum atomic E-state index is 12.0. The average molecular weight is 363 g/mol. The Morgan fingerprint density at radius 2 is 1.96 bits per heavy atom. The second-order valence-electron chi connectivity index (χ2n) is 5.51. The molecule has 0 fully saturated rings. The van der Waals surface area contributed by atoms with E-state index in [-0.39, 0.29) is 6.03 Å². The van der Waals surface area contributed by atoms with Crippen LogP contribution in [0.15, 0.2) is 36.4 Å². The Morgan fingerprint density at radius 3 is 2.68 bits per heavy atom. The summed E-state index contributed by atoms with van der Waals surface area (Å²) in [4.78, 5) is 12.0. The van der Waals surface area contributed by atoms with Crippen molar-refractivity contribution in [3.63, 3.8) is 0 Å². The van der Waals surface area contributed by atoms with Crippen LogP contribution in [0.25, 0.3) is 0 Å². The molecule has 134 valence electrons. The molecule has 0 bridgehead atoms. The number of benzene rings is 2. The van der Waals surface area contributed by atoms with Gasteiger partial charge >= 0.3 is 6.03 Å². The SMILES string of the molecule is CCOc1ccc(CCNC(=O)Nc2cc(Cl)ccc2C)cc1OC. The molecule has 0 saturated carbocycles. The first-order chi connectivity index (χ1) is 12.0. The van der Waals surface area contributed by atoms with E-state index in [1.807, 2.05) is 38.1 Å². The van der Waals surface area contributed by atoms with Gasteiger partial charge in [0.05, 0.1) is 13.7 Å². The minimum absolute atomic E-state index is 0.261. The van der Waals surface area contributed by atoms with Crippen LogP contribution in [0.3, 0.4) is 0 Å². The van der Waals surface area contributed by atoms with Crippen LogP contribution in [0.1, 0.15) is 18.1 Å². The van der Waals surface area contributed by atoms with Gasteiger partial charge in [0.1, 0.15) is 0 Å². The normalized spacial score (nSPS) is 10.2. The number of carbonyl (C=O) groups excluding carboxylic acids is 1. The van der Waals surface area contributed by atoms with Crippen molar-refractivity contribution >= 4 is 23.3 Å². The van der Waals surface area contributed by atoms with Crippen molar-refractivity contribution in [2.24, 2.45) is 0 Å². The standard InChI is InChI=1S/C19H23ClN2O3/c1-4-25-17-8-6-14(11-18(17)24-3)9-10-21-19(23)22-16-12-15(20)7-5-13(16)2/h5-8,11-12H,4,9-10H2,1-3H3,(H2,21,22,23). The Morgan fingerprint density at radius 1 is 1.16 bits per heavy atom. The zero-order valence-corrected chi connectivity index (χ0v) is 15.4. The molecule has 6 heteroatoms. The largest absolute Gasteiger partial charge is 0.493 e. The third-order valence-corrected chi connectivity index (χ3v) is 3.91. The number of halogens is 1. The molecule has 0 spiro atoms. The second-order valence-corrected chi connectivity index (χ2v) is 5.94. The van der Waals surface area contributed by atoms with Crippen LogP contribution in [-0.2, 0) is 6.42 Å². The summed E-state index contributed by atoms with van der Waals surface area (Å²) in [7, 11) is 1.61. The topological polar surface area (TPSA) is 59.6 Å². The molecule has 0 unspecified atom stereocenters.